The fourth-order valence-corrected chi connectivity index (χ4v) is 5.33. The fraction of sp³-hybridized carbons (Fsp3) is 0.263. The van der Waals surface area contributed by atoms with Gasteiger partial charge in [-0.1, -0.05) is 29.5 Å². The molecule has 1 fully saturated rings. The average Bonchev–Trinajstić information content (AvgIpc) is 3.21. The van der Waals surface area contributed by atoms with Gasteiger partial charge in [-0.3, -0.25) is 19.7 Å². The number of sulfonamides is 1. The highest BCUT2D eigenvalue weighted by Gasteiger charge is 2.46. The van der Waals surface area contributed by atoms with Crippen molar-refractivity contribution < 1.29 is 28.0 Å². The molecule has 1 saturated heterocycles. The van der Waals surface area contributed by atoms with Crippen molar-refractivity contribution in [3.8, 4) is 0 Å². The number of aliphatic hydroxyl groups excluding tert-OH is 1. The molecule has 1 aliphatic rings. The Morgan fingerprint density at radius 1 is 1.21 bits per heavy atom. The van der Waals surface area contributed by atoms with Crippen LogP contribution in [0.5, 0.6) is 0 Å². The van der Waals surface area contributed by atoms with Crippen LogP contribution in [-0.4, -0.2) is 62.4 Å². The van der Waals surface area contributed by atoms with E-state index in [2.05, 4.69) is 10.3 Å². The molecule has 3 aromatic rings. The van der Waals surface area contributed by atoms with Crippen LogP contribution < -0.4 is 5.56 Å². The van der Waals surface area contributed by atoms with Crippen LogP contribution in [-0.2, 0) is 26.3 Å². The van der Waals surface area contributed by atoms with Crippen LogP contribution in [0.2, 0.25) is 0 Å². The van der Waals surface area contributed by atoms with E-state index in [0.717, 1.165) is 16.8 Å². The molecule has 0 amide bonds. The third kappa shape index (κ3) is 4.18. The van der Waals surface area contributed by atoms with Gasteiger partial charge in [0.1, 0.15) is 11.6 Å². The van der Waals surface area contributed by atoms with E-state index in [1.165, 1.54) is 18.2 Å². The van der Waals surface area contributed by atoms with Gasteiger partial charge in [0.2, 0.25) is 0 Å². The third-order valence-corrected chi connectivity index (χ3v) is 7.03. The number of hydrogen-bond donors (Lipinski definition) is 1. The van der Waals surface area contributed by atoms with Crippen LogP contribution in [0.15, 0.2) is 58.2 Å². The minimum absolute atomic E-state index is 0.250. The van der Waals surface area contributed by atoms with Gasteiger partial charge in [0.05, 0.1) is 16.4 Å². The van der Waals surface area contributed by atoms with Gasteiger partial charge < -0.3 is 9.84 Å². The van der Waals surface area contributed by atoms with Gasteiger partial charge in [0, 0.05) is 19.0 Å². The lowest BCUT2D eigenvalue weighted by Crippen LogP contribution is -2.42. The van der Waals surface area contributed by atoms with E-state index < -0.39 is 62.5 Å². The van der Waals surface area contributed by atoms with Crippen molar-refractivity contribution in [2.75, 3.05) is 6.54 Å². The molecule has 2 atom stereocenters. The van der Waals surface area contributed by atoms with Crippen LogP contribution in [0.3, 0.4) is 0 Å². The molecule has 0 bridgehead atoms. The SMILES string of the molecule is O=C(OCn1nnc2ccccc2c1=O)[C@H]1C[C@H](O)CN1S(=O)(=O)c1ccccc1[N+](=O)[O-]. The third-order valence-electron chi connectivity index (χ3n) is 5.11. The predicted molar refractivity (Wildman–Crippen MR) is 111 cm³/mol. The Balaban J connectivity index is 1.58. The summed E-state index contributed by atoms with van der Waals surface area (Å²) in [6.45, 7) is -1.09. The van der Waals surface area contributed by atoms with E-state index in [4.69, 9.17) is 4.74 Å². The lowest BCUT2D eigenvalue weighted by atomic mass is 10.2. The monoisotopic (exact) mass is 475 g/mol. The fourth-order valence-electron chi connectivity index (χ4n) is 3.55. The number of fused-ring (bicyclic) bond motifs is 1. The maximum atomic E-state index is 13.1. The van der Waals surface area contributed by atoms with Crippen molar-refractivity contribution in [2.24, 2.45) is 0 Å². The number of hydrogen-bond acceptors (Lipinski definition) is 10. The Labute approximate surface area is 186 Å². The summed E-state index contributed by atoms with van der Waals surface area (Å²) in [5.41, 5.74) is -0.876. The lowest BCUT2D eigenvalue weighted by Gasteiger charge is -2.22. The number of aromatic nitrogens is 3. The second-order valence-corrected chi connectivity index (χ2v) is 9.07. The molecule has 33 heavy (non-hydrogen) atoms. The summed E-state index contributed by atoms with van der Waals surface area (Å²) in [5.74, 6) is -1.05. The molecule has 172 valence electrons. The highest BCUT2D eigenvalue weighted by atomic mass is 32.2. The molecule has 4 rings (SSSR count). The Morgan fingerprint density at radius 2 is 1.91 bits per heavy atom. The number of nitro benzene ring substituents is 1. The highest BCUT2D eigenvalue weighted by molar-refractivity contribution is 7.89. The van der Waals surface area contributed by atoms with Gasteiger partial charge in [-0.05, 0) is 18.2 Å². The Hall–Kier alpha value is -3.75. The van der Waals surface area contributed by atoms with E-state index in [0.29, 0.717) is 9.82 Å². The number of rotatable bonds is 6. The summed E-state index contributed by atoms with van der Waals surface area (Å²) in [4.78, 5) is 35.0. The Kier molecular flexibility index (Phi) is 5.88. The molecule has 14 heteroatoms. The summed E-state index contributed by atoms with van der Waals surface area (Å²) in [7, 11) is -4.53. The number of nitrogens with zero attached hydrogens (tertiary/aromatic N) is 5. The van der Waals surface area contributed by atoms with Crippen LogP contribution >= 0.6 is 0 Å². The first kappa shape index (κ1) is 22.4. The molecule has 2 aromatic carbocycles. The number of carbonyl (C=O) groups is 1. The normalized spacial score (nSPS) is 18.9. The Bertz CT molecular complexity index is 1410. The van der Waals surface area contributed by atoms with E-state index in [1.807, 2.05) is 0 Å². The molecule has 1 N–H and O–H groups in total. The molecule has 0 saturated carbocycles. The molecule has 2 heterocycles. The van der Waals surface area contributed by atoms with E-state index in [1.54, 1.807) is 18.2 Å². The standard InChI is InChI=1S/C19H17N5O8S/c25-12-9-16(23(10-12)33(30,31)17-8-4-3-7-15(17)24(28)29)19(27)32-11-22-18(26)13-5-1-2-6-14(13)20-21-22/h1-8,12,16,25H,9-11H2/t12-,16+/m0/s1. The number of β-amino-alcohol motifs (C(OH)–C–C–N with tert-alkyl or cyclic N) is 1. The minimum Gasteiger partial charge on any atom is -0.441 e. The maximum Gasteiger partial charge on any atom is 0.326 e. The number of benzene rings is 2. The van der Waals surface area contributed by atoms with Crippen molar-refractivity contribution in [2.45, 2.75) is 30.2 Å². The van der Waals surface area contributed by atoms with Gasteiger partial charge >= 0.3 is 5.97 Å². The number of para-hydroxylation sites is 1. The number of ether oxygens (including phenoxy) is 1. The summed E-state index contributed by atoms with van der Waals surface area (Å²) in [6.07, 6.45) is -1.47. The van der Waals surface area contributed by atoms with E-state index >= 15 is 0 Å². The molecule has 0 spiro atoms. The predicted octanol–water partition coefficient (Wildman–Crippen LogP) is 0.0245. The molecule has 0 aliphatic carbocycles. The molecule has 13 nitrogen and oxygen atoms in total. The Morgan fingerprint density at radius 3 is 2.67 bits per heavy atom. The number of carbonyl (C=O) groups excluding carboxylic acids is 1. The van der Waals surface area contributed by atoms with Gasteiger partial charge in [0.15, 0.2) is 11.6 Å². The van der Waals surface area contributed by atoms with Crippen LogP contribution in [0, 0.1) is 10.1 Å². The number of esters is 1. The highest BCUT2D eigenvalue weighted by Crippen LogP contribution is 2.31. The summed E-state index contributed by atoms with van der Waals surface area (Å²) in [6, 6.07) is 9.67. The zero-order valence-corrected chi connectivity index (χ0v) is 17.7. The summed E-state index contributed by atoms with van der Waals surface area (Å²) in [5, 5.41) is 29.1. The molecule has 1 aliphatic heterocycles. The molecule has 0 unspecified atom stereocenters. The van der Waals surface area contributed by atoms with Gasteiger partial charge in [0.25, 0.3) is 21.3 Å². The summed E-state index contributed by atoms with van der Waals surface area (Å²) < 4.78 is 32.8. The molecule has 0 radical (unpaired) electrons. The first-order valence-electron chi connectivity index (χ1n) is 9.62. The van der Waals surface area contributed by atoms with Crippen LogP contribution in [0.4, 0.5) is 5.69 Å². The topological polar surface area (TPSA) is 175 Å². The van der Waals surface area contributed by atoms with Crippen molar-refractivity contribution >= 4 is 32.6 Å². The average molecular weight is 475 g/mol. The largest absolute Gasteiger partial charge is 0.441 e. The number of aliphatic hydroxyl groups is 1. The second-order valence-electron chi connectivity index (χ2n) is 7.21. The van der Waals surface area contributed by atoms with Crippen molar-refractivity contribution in [1.82, 2.24) is 19.3 Å². The zero-order valence-electron chi connectivity index (χ0n) is 16.8. The molecular weight excluding hydrogens is 458 g/mol. The van der Waals surface area contributed by atoms with Crippen LogP contribution in [0.1, 0.15) is 6.42 Å². The quantitative estimate of drug-likeness (QED) is 0.291. The van der Waals surface area contributed by atoms with Crippen molar-refractivity contribution in [3.63, 3.8) is 0 Å². The van der Waals surface area contributed by atoms with E-state index in [-0.39, 0.29) is 11.8 Å². The first-order valence-corrected chi connectivity index (χ1v) is 11.1. The van der Waals surface area contributed by atoms with E-state index in [9.17, 15) is 33.2 Å². The maximum absolute atomic E-state index is 13.1. The zero-order chi connectivity index (χ0) is 23.8. The first-order chi connectivity index (χ1) is 15.7. The van der Waals surface area contributed by atoms with Gasteiger partial charge in [-0.25, -0.2) is 8.42 Å². The molecular formula is C19H17N5O8S. The van der Waals surface area contributed by atoms with Gasteiger partial charge in [-0.2, -0.15) is 8.99 Å². The number of nitro groups is 1. The molecule has 1 aromatic heterocycles. The summed E-state index contributed by atoms with van der Waals surface area (Å²) >= 11 is 0. The van der Waals surface area contributed by atoms with Crippen LogP contribution in [0.25, 0.3) is 10.9 Å². The van der Waals surface area contributed by atoms with Crippen molar-refractivity contribution in [3.05, 3.63) is 69.0 Å². The minimum atomic E-state index is -4.53. The van der Waals surface area contributed by atoms with Gasteiger partial charge in [-0.15, -0.1) is 5.10 Å². The van der Waals surface area contributed by atoms with Crippen molar-refractivity contribution in [1.29, 1.82) is 0 Å². The smallest absolute Gasteiger partial charge is 0.326 e. The second kappa shape index (κ2) is 8.65. The lowest BCUT2D eigenvalue weighted by molar-refractivity contribution is -0.387.